The van der Waals surface area contributed by atoms with Gasteiger partial charge >= 0.3 is 0 Å². The van der Waals surface area contributed by atoms with E-state index in [0.29, 0.717) is 44.3 Å². The SMILES string of the molecule is CCN(Cc1ccc2c(c1)OCCO2)C(=O)c1oc2ccccc2c1COC. The fourth-order valence-corrected chi connectivity index (χ4v) is 3.44. The molecule has 0 spiro atoms. The standard InChI is InChI=1S/C22H23NO5/c1-3-23(13-15-8-9-19-20(12-15)27-11-10-26-19)22(24)21-17(14-25-2)16-6-4-5-7-18(16)28-21/h4-9,12H,3,10-11,13-14H2,1-2H3. The normalized spacial score (nSPS) is 12.9. The van der Waals surface area contributed by atoms with Gasteiger partial charge in [-0.2, -0.15) is 0 Å². The molecule has 0 aliphatic carbocycles. The van der Waals surface area contributed by atoms with Crippen LogP contribution >= 0.6 is 0 Å². The Morgan fingerprint density at radius 1 is 1.11 bits per heavy atom. The molecule has 1 aliphatic heterocycles. The maximum absolute atomic E-state index is 13.3. The molecule has 0 N–H and O–H groups in total. The molecular formula is C22H23NO5. The van der Waals surface area contributed by atoms with Crippen LogP contribution in [-0.2, 0) is 17.9 Å². The second kappa shape index (κ2) is 7.94. The van der Waals surface area contributed by atoms with E-state index in [4.69, 9.17) is 18.6 Å². The lowest BCUT2D eigenvalue weighted by atomic mass is 10.1. The van der Waals surface area contributed by atoms with E-state index >= 15 is 0 Å². The van der Waals surface area contributed by atoms with Gasteiger partial charge in [-0.15, -0.1) is 0 Å². The molecule has 6 nitrogen and oxygen atoms in total. The number of furan rings is 1. The molecule has 1 aliphatic rings. The van der Waals surface area contributed by atoms with Crippen molar-refractivity contribution in [1.82, 2.24) is 4.90 Å². The summed E-state index contributed by atoms with van der Waals surface area (Å²) in [5.41, 5.74) is 2.45. The molecule has 2 heterocycles. The van der Waals surface area contributed by atoms with Crippen LogP contribution in [0.4, 0.5) is 0 Å². The molecule has 0 bridgehead atoms. The van der Waals surface area contributed by atoms with Crippen molar-refractivity contribution in [3.8, 4) is 11.5 Å². The van der Waals surface area contributed by atoms with Crippen molar-refractivity contribution in [2.45, 2.75) is 20.1 Å². The number of methoxy groups -OCH3 is 1. The van der Waals surface area contributed by atoms with Crippen molar-refractivity contribution in [2.75, 3.05) is 26.9 Å². The van der Waals surface area contributed by atoms with Gasteiger partial charge in [-0.05, 0) is 30.7 Å². The number of amides is 1. The van der Waals surface area contributed by atoms with E-state index in [-0.39, 0.29) is 5.91 Å². The Labute approximate surface area is 163 Å². The van der Waals surface area contributed by atoms with E-state index in [2.05, 4.69) is 0 Å². The highest BCUT2D eigenvalue weighted by atomic mass is 16.6. The molecular weight excluding hydrogens is 358 g/mol. The minimum Gasteiger partial charge on any atom is -0.486 e. The predicted molar refractivity (Wildman–Crippen MR) is 105 cm³/mol. The smallest absolute Gasteiger partial charge is 0.290 e. The maximum atomic E-state index is 13.3. The van der Waals surface area contributed by atoms with Crippen LogP contribution in [0.25, 0.3) is 11.0 Å². The molecule has 146 valence electrons. The predicted octanol–water partition coefficient (Wildman–Crippen LogP) is 4.01. The quantitative estimate of drug-likeness (QED) is 0.646. The first-order valence-electron chi connectivity index (χ1n) is 9.38. The zero-order valence-corrected chi connectivity index (χ0v) is 16.1. The van der Waals surface area contributed by atoms with Gasteiger partial charge in [0.15, 0.2) is 17.3 Å². The molecule has 4 rings (SSSR count). The van der Waals surface area contributed by atoms with Gasteiger partial charge in [0, 0.05) is 31.1 Å². The Hall–Kier alpha value is -2.99. The zero-order valence-electron chi connectivity index (χ0n) is 16.1. The summed E-state index contributed by atoms with van der Waals surface area (Å²) in [6.45, 7) is 4.37. The molecule has 0 unspecified atom stereocenters. The van der Waals surface area contributed by atoms with Crippen molar-refractivity contribution in [3.63, 3.8) is 0 Å². The van der Waals surface area contributed by atoms with Crippen LogP contribution < -0.4 is 9.47 Å². The highest BCUT2D eigenvalue weighted by Gasteiger charge is 2.25. The van der Waals surface area contributed by atoms with Gasteiger partial charge in [-0.25, -0.2) is 0 Å². The largest absolute Gasteiger partial charge is 0.486 e. The minimum absolute atomic E-state index is 0.152. The van der Waals surface area contributed by atoms with E-state index in [1.165, 1.54) is 0 Å². The third kappa shape index (κ3) is 3.43. The number of benzene rings is 2. The van der Waals surface area contributed by atoms with E-state index in [9.17, 15) is 4.79 Å². The van der Waals surface area contributed by atoms with Gasteiger partial charge < -0.3 is 23.5 Å². The highest BCUT2D eigenvalue weighted by Crippen LogP contribution is 2.32. The van der Waals surface area contributed by atoms with Gasteiger partial charge in [0.05, 0.1) is 6.61 Å². The summed E-state index contributed by atoms with van der Waals surface area (Å²) in [6, 6.07) is 13.4. The molecule has 3 aromatic rings. The summed E-state index contributed by atoms with van der Waals surface area (Å²) in [4.78, 5) is 15.0. The second-order valence-electron chi connectivity index (χ2n) is 6.64. The number of para-hydroxylation sites is 1. The van der Waals surface area contributed by atoms with Crippen LogP contribution in [0.1, 0.15) is 28.6 Å². The first-order valence-corrected chi connectivity index (χ1v) is 9.38. The van der Waals surface area contributed by atoms with E-state index < -0.39 is 0 Å². The van der Waals surface area contributed by atoms with Crippen molar-refractivity contribution < 1.29 is 23.4 Å². The summed E-state index contributed by atoms with van der Waals surface area (Å²) in [5, 5.41) is 0.906. The molecule has 2 aromatic carbocycles. The van der Waals surface area contributed by atoms with Crippen LogP contribution in [0.5, 0.6) is 11.5 Å². The second-order valence-corrected chi connectivity index (χ2v) is 6.64. The summed E-state index contributed by atoms with van der Waals surface area (Å²) < 4.78 is 22.4. The summed E-state index contributed by atoms with van der Waals surface area (Å²) in [5.74, 6) is 1.64. The summed E-state index contributed by atoms with van der Waals surface area (Å²) >= 11 is 0. The van der Waals surface area contributed by atoms with Crippen molar-refractivity contribution >= 4 is 16.9 Å². The number of hydrogen-bond donors (Lipinski definition) is 0. The van der Waals surface area contributed by atoms with Crippen LogP contribution in [0, 0.1) is 0 Å². The molecule has 0 fully saturated rings. The molecule has 1 amide bonds. The highest BCUT2D eigenvalue weighted by molar-refractivity contribution is 5.99. The minimum atomic E-state index is -0.152. The topological polar surface area (TPSA) is 61.1 Å². The van der Waals surface area contributed by atoms with Gasteiger partial charge in [0.25, 0.3) is 5.91 Å². The fourth-order valence-electron chi connectivity index (χ4n) is 3.44. The van der Waals surface area contributed by atoms with Gasteiger partial charge in [0.1, 0.15) is 18.8 Å². The van der Waals surface area contributed by atoms with E-state index in [0.717, 1.165) is 28.0 Å². The number of fused-ring (bicyclic) bond motifs is 2. The van der Waals surface area contributed by atoms with Crippen molar-refractivity contribution in [1.29, 1.82) is 0 Å². The Morgan fingerprint density at radius 3 is 2.68 bits per heavy atom. The average Bonchev–Trinajstić information content (AvgIpc) is 3.10. The van der Waals surface area contributed by atoms with Crippen molar-refractivity contribution in [2.24, 2.45) is 0 Å². The van der Waals surface area contributed by atoms with Gasteiger partial charge in [0.2, 0.25) is 0 Å². The third-order valence-corrected chi connectivity index (χ3v) is 4.83. The lowest BCUT2D eigenvalue weighted by molar-refractivity contribution is 0.0716. The van der Waals surface area contributed by atoms with Crippen LogP contribution in [0.15, 0.2) is 46.9 Å². The Bertz CT molecular complexity index is 994. The zero-order chi connectivity index (χ0) is 19.5. The fraction of sp³-hybridized carbons (Fsp3) is 0.318. The first kappa shape index (κ1) is 18.4. The summed E-state index contributed by atoms with van der Waals surface area (Å²) in [6.07, 6.45) is 0. The monoisotopic (exact) mass is 381 g/mol. The molecule has 0 radical (unpaired) electrons. The number of carbonyl (C=O) groups is 1. The lowest BCUT2D eigenvalue weighted by Gasteiger charge is -2.23. The molecule has 1 aromatic heterocycles. The number of nitrogens with zero attached hydrogens (tertiary/aromatic N) is 1. The van der Waals surface area contributed by atoms with Gasteiger partial charge in [-0.1, -0.05) is 24.3 Å². The van der Waals surface area contributed by atoms with Crippen molar-refractivity contribution in [3.05, 3.63) is 59.4 Å². The Morgan fingerprint density at radius 2 is 1.89 bits per heavy atom. The lowest BCUT2D eigenvalue weighted by Crippen LogP contribution is -2.30. The Kier molecular flexibility index (Phi) is 5.21. The van der Waals surface area contributed by atoms with Crippen LogP contribution in [0.2, 0.25) is 0 Å². The molecule has 0 atom stereocenters. The third-order valence-electron chi connectivity index (χ3n) is 4.83. The Balaban J connectivity index is 1.62. The first-order chi connectivity index (χ1) is 13.7. The van der Waals surface area contributed by atoms with Crippen LogP contribution in [0.3, 0.4) is 0 Å². The molecule has 6 heteroatoms. The molecule has 0 saturated carbocycles. The number of ether oxygens (including phenoxy) is 3. The molecule has 28 heavy (non-hydrogen) atoms. The van der Waals surface area contributed by atoms with Gasteiger partial charge in [-0.3, -0.25) is 4.79 Å². The maximum Gasteiger partial charge on any atom is 0.290 e. The van der Waals surface area contributed by atoms with E-state index in [1.54, 1.807) is 12.0 Å². The molecule has 0 saturated heterocycles. The average molecular weight is 381 g/mol. The van der Waals surface area contributed by atoms with Crippen LogP contribution in [-0.4, -0.2) is 37.7 Å². The number of rotatable bonds is 6. The number of carbonyl (C=O) groups excluding carboxylic acids is 1. The van der Waals surface area contributed by atoms with E-state index in [1.807, 2.05) is 49.4 Å². The summed E-state index contributed by atoms with van der Waals surface area (Å²) in [7, 11) is 1.61. The number of hydrogen-bond acceptors (Lipinski definition) is 5.